The van der Waals surface area contributed by atoms with Crippen LogP contribution in [0.5, 0.6) is 0 Å². The number of nitrogens with one attached hydrogen (secondary N) is 1. The molecule has 0 radical (unpaired) electrons. The second-order valence-corrected chi connectivity index (χ2v) is 4.05. The zero-order valence-electron chi connectivity index (χ0n) is 10.3. The number of hydrogen-bond acceptors (Lipinski definition) is 3. The zero-order valence-corrected chi connectivity index (χ0v) is 10.3. The van der Waals surface area contributed by atoms with Crippen molar-refractivity contribution in [1.29, 1.82) is 0 Å². The highest BCUT2D eigenvalue weighted by Gasteiger charge is 2.03. The lowest BCUT2D eigenvalue weighted by molar-refractivity contribution is -0.137. The summed E-state index contributed by atoms with van der Waals surface area (Å²) in [5.74, 6) is -0.844. The topological polar surface area (TPSA) is 79.3 Å². The van der Waals surface area contributed by atoms with Crippen molar-refractivity contribution in [2.75, 3.05) is 6.54 Å². The predicted octanol–water partition coefficient (Wildman–Crippen LogP) is 1.85. The molecule has 0 saturated heterocycles. The molecule has 0 spiro atoms. The molecule has 5 heteroatoms. The van der Waals surface area contributed by atoms with Crippen molar-refractivity contribution in [2.45, 2.75) is 32.1 Å². The molecule has 98 valence electrons. The minimum absolute atomic E-state index is 0.0945. The number of pyridine rings is 1. The Morgan fingerprint density at radius 3 is 2.44 bits per heavy atom. The average Bonchev–Trinajstić information content (AvgIpc) is 2.38. The first-order chi connectivity index (χ1) is 8.70. The Hall–Kier alpha value is -1.91. The number of carboxylic acids is 1. The van der Waals surface area contributed by atoms with Crippen LogP contribution in [0.4, 0.5) is 0 Å². The SMILES string of the molecule is O=C(O)CCCCCCNC(=O)c1ccncc1. The van der Waals surface area contributed by atoms with Crippen LogP contribution in [0.25, 0.3) is 0 Å². The van der Waals surface area contributed by atoms with Gasteiger partial charge in [0.05, 0.1) is 0 Å². The number of unbranched alkanes of at least 4 members (excludes halogenated alkanes) is 3. The lowest BCUT2D eigenvalue weighted by atomic mass is 10.1. The lowest BCUT2D eigenvalue weighted by Gasteiger charge is -2.04. The summed E-state index contributed by atoms with van der Waals surface area (Å²) in [7, 11) is 0. The summed E-state index contributed by atoms with van der Waals surface area (Å²) in [6.07, 6.45) is 6.79. The van der Waals surface area contributed by atoms with Crippen LogP contribution >= 0.6 is 0 Å². The van der Waals surface area contributed by atoms with Gasteiger partial charge in [0.25, 0.3) is 5.91 Å². The van der Waals surface area contributed by atoms with Gasteiger partial charge < -0.3 is 10.4 Å². The Labute approximate surface area is 106 Å². The molecule has 1 heterocycles. The molecule has 18 heavy (non-hydrogen) atoms. The molecule has 0 aliphatic heterocycles. The monoisotopic (exact) mass is 250 g/mol. The Morgan fingerprint density at radius 1 is 1.11 bits per heavy atom. The summed E-state index contributed by atoms with van der Waals surface area (Å²) < 4.78 is 0. The number of hydrogen-bond donors (Lipinski definition) is 2. The first-order valence-corrected chi connectivity index (χ1v) is 6.10. The highest BCUT2D eigenvalue weighted by molar-refractivity contribution is 5.93. The standard InChI is InChI=1S/C13H18N2O3/c16-12(17)5-3-1-2-4-8-15-13(18)11-6-9-14-10-7-11/h6-7,9-10H,1-5,8H2,(H,15,18)(H,16,17). The molecule has 0 aromatic carbocycles. The van der Waals surface area contributed by atoms with E-state index in [0.717, 1.165) is 19.3 Å². The fourth-order valence-electron chi connectivity index (χ4n) is 1.56. The maximum atomic E-state index is 11.6. The zero-order chi connectivity index (χ0) is 13.2. The van der Waals surface area contributed by atoms with Crippen LogP contribution in [-0.4, -0.2) is 28.5 Å². The third kappa shape index (κ3) is 5.98. The molecule has 0 saturated carbocycles. The number of aromatic nitrogens is 1. The van der Waals surface area contributed by atoms with Crippen LogP contribution in [0, 0.1) is 0 Å². The Bertz CT molecular complexity index is 379. The van der Waals surface area contributed by atoms with Gasteiger partial charge in [-0.1, -0.05) is 12.8 Å². The predicted molar refractivity (Wildman–Crippen MR) is 67.3 cm³/mol. The Morgan fingerprint density at radius 2 is 1.78 bits per heavy atom. The van der Waals surface area contributed by atoms with Gasteiger partial charge in [0.1, 0.15) is 0 Å². The molecular formula is C13H18N2O3. The first kappa shape index (κ1) is 14.2. The van der Waals surface area contributed by atoms with Crippen molar-refractivity contribution in [2.24, 2.45) is 0 Å². The summed E-state index contributed by atoms with van der Waals surface area (Å²) in [6, 6.07) is 3.34. The number of amides is 1. The van der Waals surface area contributed by atoms with E-state index in [4.69, 9.17) is 5.11 Å². The lowest BCUT2D eigenvalue weighted by Crippen LogP contribution is -2.24. The first-order valence-electron chi connectivity index (χ1n) is 6.10. The van der Waals surface area contributed by atoms with Crippen molar-refractivity contribution in [3.8, 4) is 0 Å². The van der Waals surface area contributed by atoms with E-state index in [1.807, 2.05) is 0 Å². The third-order valence-electron chi connectivity index (χ3n) is 2.55. The molecule has 0 fully saturated rings. The van der Waals surface area contributed by atoms with Gasteiger partial charge in [0.2, 0.25) is 0 Å². The van der Waals surface area contributed by atoms with Crippen LogP contribution in [0.15, 0.2) is 24.5 Å². The van der Waals surface area contributed by atoms with Gasteiger partial charge in [-0.25, -0.2) is 0 Å². The average molecular weight is 250 g/mol. The highest BCUT2D eigenvalue weighted by Crippen LogP contribution is 2.02. The van der Waals surface area contributed by atoms with Crippen molar-refractivity contribution < 1.29 is 14.7 Å². The van der Waals surface area contributed by atoms with Gasteiger partial charge in [0, 0.05) is 30.9 Å². The van der Waals surface area contributed by atoms with Crippen LogP contribution < -0.4 is 5.32 Å². The molecule has 1 aromatic rings. The normalized spacial score (nSPS) is 10.0. The van der Waals surface area contributed by atoms with E-state index in [0.29, 0.717) is 18.5 Å². The number of nitrogens with zero attached hydrogens (tertiary/aromatic N) is 1. The van der Waals surface area contributed by atoms with Crippen molar-refractivity contribution in [3.63, 3.8) is 0 Å². The van der Waals surface area contributed by atoms with E-state index in [1.54, 1.807) is 24.5 Å². The fourth-order valence-corrected chi connectivity index (χ4v) is 1.56. The Kier molecular flexibility index (Phi) is 6.46. The molecule has 1 rings (SSSR count). The number of carbonyl (C=O) groups excluding carboxylic acids is 1. The summed E-state index contributed by atoms with van der Waals surface area (Å²) in [6.45, 7) is 0.619. The number of aliphatic carboxylic acids is 1. The molecule has 0 aliphatic rings. The van der Waals surface area contributed by atoms with E-state index >= 15 is 0 Å². The van der Waals surface area contributed by atoms with Gasteiger partial charge in [-0.3, -0.25) is 14.6 Å². The summed E-state index contributed by atoms with van der Waals surface area (Å²) in [4.78, 5) is 25.7. The molecule has 0 aliphatic carbocycles. The minimum Gasteiger partial charge on any atom is -0.481 e. The van der Waals surface area contributed by atoms with E-state index in [-0.39, 0.29) is 12.3 Å². The molecule has 0 bridgehead atoms. The van der Waals surface area contributed by atoms with Crippen LogP contribution in [0.1, 0.15) is 42.5 Å². The maximum absolute atomic E-state index is 11.6. The van der Waals surface area contributed by atoms with Gasteiger partial charge in [-0.2, -0.15) is 0 Å². The summed E-state index contributed by atoms with van der Waals surface area (Å²) in [5, 5.41) is 11.3. The van der Waals surface area contributed by atoms with Gasteiger partial charge in [-0.05, 0) is 25.0 Å². The van der Waals surface area contributed by atoms with Crippen molar-refractivity contribution in [1.82, 2.24) is 10.3 Å². The summed E-state index contributed by atoms with van der Waals surface area (Å²) in [5.41, 5.74) is 0.607. The van der Waals surface area contributed by atoms with Crippen molar-refractivity contribution >= 4 is 11.9 Å². The summed E-state index contributed by atoms with van der Waals surface area (Å²) >= 11 is 0. The smallest absolute Gasteiger partial charge is 0.303 e. The fraction of sp³-hybridized carbons (Fsp3) is 0.462. The second-order valence-electron chi connectivity index (χ2n) is 4.05. The molecule has 0 unspecified atom stereocenters. The van der Waals surface area contributed by atoms with E-state index in [1.165, 1.54) is 0 Å². The highest BCUT2D eigenvalue weighted by atomic mass is 16.4. The second kappa shape index (κ2) is 8.22. The molecule has 1 amide bonds. The minimum atomic E-state index is -0.749. The van der Waals surface area contributed by atoms with Crippen LogP contribution in [-0.2, 0) is 4.79 Å². The Balaban J connectivity index is 2.05. The van der Waals surface area contributed by atoms with E-state index < -0.39 is 5.97 Å². The largest absolute Gasteiger partial charge is 0.481 e. The number of rotatable bonds is 8. The van der Waals surface area contributed by atoms with Gasteiger partial charge >= 0.3 is 5.97 Å². The quantitative estimate of drug-likeness (QED) is 0.690. The van der Waals surface area contributed by atoms with Crippen molar-refractivity contribution in [3.05, 3.63) is 30.1 Å². The van der Waals surface area contributed by atoms with Gasteiger partial charge in [-0.15, -0.1) is 0 Å². The molecule has 5 nitrogen and oxygen atoms in total. The van der Waals surface area contributed by atoms with E-state index in [9.17, 15) is 9.59 Å². The third-order valence-corrected chi connectivity index (χ3v) is 2.55. The van der Waals surface area contributed by atoms with Crippen LogP contribution in [0.2, 0.25) is 0 Å². The molecule has 2 N–H and O–H groups in total. The number of carbonyl (C=O) groups is 2. The molecule has 1 aromatic heterocycles. The van der Waals surface area contributed by atoms with Crippen LogP contribution in [0.3, 0.4) is 0 Å². The van der Waals surface area contributed by atoms with E-state index in [2.05, 4.69) is 10.3 Å². The van der Waals surface area contributed by atoms with Gasteiger partial charge in [0.15, 0.2) is 0 Å². The molecule has 0 atom stereocenters. The number of carboxylic acid groups (broad SMARTS) is 1. The molecular weight excluding hydrogens is 232 g/mol. The maximum Gasteiger partial charge on any atom is 0.303 e.